The lowest BCUT2D eigenvalue weighted by molar-refractivity contribution is 0.340. The summed E-state index contributed by atoms with van der Waals surface area (Å²) in [7, 11) is 0. The molecule has 0 heterocycles. The van der Waals surface area contributed by atoms with Crippen LogP contribution in [0.25, 0.3) is 0 Å². The fourth-order valence-electron chi connectivity index (χ4n) is 1.82. The summed E-state index contributed by atoms with van der Waals surface area (Å²) in [5.74, 6) is 0.658. The minimum atomic E-state index is -0.219. The van der Waals surface area contributed by atoms with Gasteiger partial charge in [-0.3, -0.25) is 0 Å². The maximum atomic E-state index is 12.7. The van der Waals surface area contributed by atoms with Crippen molar-refractivity contribution in [1.29, 1.82) is 0 Å². The molecule has 0 radical (unpaired) electrons. The molecule has 0 aliphatic rings. The molecule has 4 heteroatoms. The second-order valence-electron chi connectivity index (χ2n) is 4.32. The molecule has 0 aromatic heterocycles. The zero-order valence-electron chi connectivity index (χ0n) is 11.5. The number of rotatable bonds is 7. The van der Waals surface area contributed by atoms with E-state index in [1.165, 1.54) is 12.1 Å². The lowest BCUT2D eigenvalue weighted by Crippen LogP contribution is -2.13. The van der Waals surface area contributed by atoms with Crippen LogP contribution in [-0.2, 0) is 0 Å². The number of benzene rings is 2. The molecule has 3 nitrogen and oxygen atoms in total. The van der Waals surface area contributed by atoms with Crippen molar-refractivity contribution in [2.75, 3.05) is 30.3 Å². The standard InChI is InChI=1S/C16H19FN2O/c1-2-20-16-9-7-15(8-10-16)19-12-11-18-14-5-3-13(17)4-6-14/h3-10,18-19H,2,11-12H2,1H3. The van der Waals surface area contributed by atoms with Gasteiger partial charge in [0, 0.05) is 24.5 Å². The van der Waals surface area contributed by atoms with Crippen LogP contribution >= 0.6 is 0 Å². The molecule has 2 aromatic carbocycles. The first-order chi connectivity index (χ1) is 9.78. The van der Waals surface area contributed by atoms with Crippen LogP contribution in [0.5, 0.6) is 5.75 Å². The number of hydrogen-bond donors (Lipinski definition) is 2. The van der Waals surface area contributed by atoms with Crippen molar-refractivity contribution in [2.24, 2.45) is 0 Å². The van der Waals surface area contributed by atoms with E-state index in [0.717, 1.165) is 30.2 Å². The first-order valence-electron chi connectivity index (χ1n) is 6.74. The summed E-state index contributed by atoms with van der Waals surface area (Å²) in [6.07, 6.45) is 0. The Morgan fingerprint density at radius 1 is 0.850 bits per heavy atom. The molecule has 0 saturated carbocycles. The number of hydrogen-bond acceptors (Lipinski definition) is 3. The summed E-state index contributed by atoms with van der Waals surface area (Å²) in [6, 6.07) is 14.2. The summed E-state index contributed by atoms with van der Waals surface area (Å²) in [5, 5.41) is 6.52. The van der Waals surface area contributed by atoms with E-state index in [2.05, 4.69) is 10.6 Å². The molecule has 0 bridgehead atoms. The van der Waals surface area contributed by atoms with Gasteiger partial charge in [-0.2, -0.15) is 0 Å². The van der Waals surface area contributed by atoms with E-state index in [0.29, 0.717) is 6.61 Å². The second-order valence-corrected chi connectivity index (χ2v) is 4.32. The molecule has 2 rings (SSSR count). The van der Waals surface area contributed by atoms with Gasteiger partial charge in [0.2, 0.25) is 0 Å². The fraction of sp³-hybridized carbons (Fsp3) is 0.250. The van der Waals surface area contributed by atoms with Crippen molar-refractivity contribution >= 4 is 11.4 Å². The van der Waals surface area contributed by atoms with Crippen molar-refractivity contribution in [1.82, 2.24) is 0 Å². The maximum absolute atomic E-state index is 12.7. The summed E-state index contributed by atoms with van der Waals surface area (Å²) in [5.41, 5.74) is 1.97. The van der Waals surface area contributed by atoms with Gasteiger partial charge in [-0.25, -0.2) is 4.39 Å². The van der Waals surface area contributed by atoms with Gasteiger partial charge in [-0.05, 0) is 55.5 Å². The van der Waals surface area contributed by atoms with E-state index >= 15 is 0 Å². The van der Waals surface area contributed by atoms with Gasteiger partial charge in [-0.1, -0.05) is 0 Å². The molecule has 0 spiro atoms. The van der Waals surface area contributed by atoms with Crippen molar-refractivity contribution in [3.8, 4) is 5.75 Å². The molecule has 20 heavy (non-hydrogen) atoms. The average molecular weight is 274 g/mol. The third-order valence-corrected chi connectivity index (χ3v) is 2.79. The average Bonchev–Trinajstić information content (AvgIpc) is 2.47. The van der Waals surface area contributed by atoms with Crippen LogP contribution in [0.3, 0.4) is 0 Å². The van der Waals surface area contributed by atoms with Gasteiger partial charge >= 0.3 is 0 Å². The third kappa shape index (κ3) is 4.46. The highest BCUT2D eigenvalue weighted by Gasteiger charge is 1.95. The van der Waals surface area contributed by atoms with E-state index in [1.54, 1.807) is 12.1 Å². The molecule has 106 valence electrons. The molecule has 0 aliphatic heterocycles. The molecule has 0 amide bonds. The predicted octanol–water partition coefficient (Wildman–Crippen LogP) is 3.75. The van der Waals surface area contributed by atoms with Gasteiger partial charge in [0.05, 0.1) is 6.61 Å². The Hall–Kier alpha value is -2.23. The SMILES string of the molecule is CCOc1ccc(NCCNc2ccc(F)cc2)cc1. The van der Waals surface area contributed by atoms with E-state index in [4.69, 9.17) is 4.74 Å². The molecule has 0 unspecified atom stereocenters. The third-order valence-electron chi connectivity index (χ3n) is 2.79. The van der Waals surface area contributed by atoms with Crippen LogP contribution in [0, 0.1) is 5.82 Å². The van der Waals surface area contributed by atoms with Crippen LogP contribution in [0.2, 0.25) is 0 Å². The van der Waals surface area contributed by atoms with E-state index < -0.39 is 0 Å². The summed E-state index contributed by atoms with van der Waals surface area (Å²) in [4.78, 5) is 0. The molecule has 0 atom stereocenters. The lowest BCUT2D eigenvalue weighted by Gasteiger charge is -2.09. The van der Waals surface area contributed by atoms with E-state index in [-0.39, 0.29) is 5.82 Å². The van der Waals surface area contributed by atoms with Gasteiger partial charge in [0.25, 0.3) is 0 Å². The second kappa shape index (κ2) is 7.38. The van der Waals surface area contributed by atoms with Gasteiger partial charge in [0.1, 0.15) is 11.6 Å². The van der Waals surface area contributed by atoms with Crippen molar-refractivity contribution < 1.29 is 9.13 Å². The molecule has 0 aliphatic carbocycles. The van der Waals surface area contributed by atoms with Gasteiger partial charge in [0.15, 0.2) is 0 Å². The number of halogens is 1. The Kier molecular flexibility index (Phi) is 5.24. The zero-order valence-corrected chi connectivity index (χ0v) is 11.5. The number of anilines is 2. The summed E-state index contributed by atoms with van der Waals surface area (Å²) >= 11 is 0. The van der Waals surface area contributed by atoms with Crippen molar-refractivity contribution in [3.63, 3.8) is 0 Å². The van der Waals surface area contributed by atoms with E-state index in [9.17, 15) is 4.39 Å². The zero-order chi connectivity index (χ0) is 14.2. The van der Waals surface area contributed by atoms with Crippen LogP contribution < -0.4 is 15.4 Å². The Balaban J connectivity index is 1.71. The van der Waals surface area contributed by atoms with Crippen LogP contribution in [0.15, 0.2) is 48.5 Å². The summed E-state index contributed by atoms with van der Waals surface area (Å²) < 4.78 is 18.1. The Bertz CT molecular complexity index is 511. The number of nitrogens with one attached hydrogen (secondary N) is 2. The maximum Gasteiger partial charge on any atom is 0.123 e. The highest BCUT2D eigenvalue weighted by molar-refractivity contribution is 5.47. The topological polar surface area (TPSA) is 33.3 Å². The first kappa shape index (κ1) is 14.2. The van der Waals surface area contributed by atoms with Crippen molar-refractivity contribution in [2.45, 2.75) is 6.92 Å². The Morgan fingerprint density at radius 3 is 1.85 bits per heavy atom. The van der Waals surface area contributed by atoms with Crippen LogP contribution in [0.1, 0.15) is 6.92 Å². The molecule has 2 N–H and O–H groups in total. The van der Waals surface area contributed by atoms with Gasteiger partial charge < -0.3 is 15.4 Å². The highest BCUT2D eigenvalue weighted by Crippen LogP contribution is 2.15. The van der Waals surface area contributed by atoms with Crippen LogP contribution in [-0.4, -0.2) is 19.7 Å². The monoisotopic (exact) mass is 274 g/mol. The predicted molar refractivity (Wildman–Crippen MR) is 81.0 cm³/mol. The first-order valence-corrected chi connectivity index (χ1v) is 6.74. The lowest BCUT2D eigenvalue weighted by atomic mass is 10.3. The Morgan fingerprint density at radius 2 is 1.35 bits per heavy atom. The van der Waals surface area contributed by atoms with E-state index in [1.807, 2.05) is 31.2 Å². The smallest absolute Gasteiger partial charge is 0.123 e. The fourth-order valence-corrected chi connectivity index (χ4v) is 1.82. The molecular formula is C16H19FN2O. The van der Waals surface area contributed by atoms with Crippen molar-refractivity contribution in [3.05, 3.63) is 54.3 Å². The Labute approximate surface area is 118 Å². The van der Waals surface area contributed by atoms with Gasteiger partial charge in [-0.15, -0.1) is 0 Å². The molecular weight excluding hydrogens is 255 g/mol. The molecule has 0 fully saturated rings. The summed E-state index contributed by atoms with van der Waals surface area (Å²) in [6.45, 7) is 4.19. The highest BCUT2D eigenvalue weighted by atomic mass is 19.1. The normalized spacial score (nSPS) is 10.1. The minimum Gasteiger partial charge on any atom is -0.494 e. The minimum absolute atomic E-state index is 0.219. The quantitative estimate of drug-likeness (QED) is 0.754. The number of ether oxygens (including phenoxy) is 1. The largest absolute Gasteiger partial charge is 0.494 e. The van der Waals surface area contributed by atoms with Crippen LogP contribution in [0.4, 0.5) is 15.8 Å². The molecule has 2 aromatic rings. The molecule has 0 saturated heterocycles.